The van der Waals surface area contributed by atoms with Gasteiger partial charge in [-0.1, -0.05) is 57.2 Å². The number of pyridine rings is 1. The van der Waals surface area contributed by atoms with Crippen LogP contribution in [0.4, 0.5) is 22.1 Å². The molecule has 45 heavy (non-hydrogen) atoms. The molecule has 5 aromatic rings. The van der Waals surface area contributed by atoms with E-state index in [2.05, 4.69) is 20.3 Å². The lowest BCUT2D eigenvalue weighted by Crippen LogP contribution is -2.34. The van der Waals surface area contributed by atoms with Crippen molar-refractivity contribution in [1.29, 1.82) is 0 Å². The van der Waals surface area contributed by atoms with Crippen molar-refractivity contribution in [3.05, 3.63) is 103 Å². The number of amides is 4. The number of anilines is 3. The third-order valence-corrected chi connectivity index (χ3v) is 7.36. The minimum absolute atomic E-state index is 0.205. The predicted octanol–water partition coefficient (Wildman–Crippen LogP) is 6.24. The molecule has 6 rings (SSSR count). The van der Waals surface area contributed by atoms with Gasteiger partial charge in [0.05, 0.1) is 30.7 Å². The minimum atomic E-state index is -0.972. The van der Waals surface area contributed by atoms with Crippen molar-refractivity contribution >= 4 is 45.9 Å². The highest BCUT2D eigenvalue weighted by Crippen LogP contribution is 2.40. The Kier molecular flexibility index (Phi) is 7.59. The Morgan fingerprint density at radius 2 is 1.47 bits per heavy atom. The molecule has 1 fully saturated rings. The smallest absolute Gasteiger partial charge is 0.343 e. The summed E-state index contributed by atoms with van der Waals surface area (Å²) >= 11 is 0. The normalized spacial score (nSPS) is 13.5. The van der Waals surface area contributed by atoms with Crippen LogP contribution in [0.1, 0.15) is 32.0 Å². The number of nitrogens with one attached hydrogen (secondary N) is 1. The zero-order valence-corrected chi connectivity index (χ0v) is 25.1. The van der Waals surface area contributed by atoms with Crippen molar-refractivity contribution < 1.29 is 23.9 Å². The van der Waals surface area contributed by atoms with Gasteiger partial charge >= 0.3 is 17.8 Å². The lowest BCUT2D eigenvalue weighted by Gasteiger charge is -2.24. The van der Waals surface area contributed by atoms with Gasteiger partial charge in [-0.15, -0.1) is 0 Å². The van der Waals surface area contributed by atoms with Crippen LogP contribution in [0.15, 0.2) is 91.3 Å². The molecule has 0 radical (unpaired) electrons. The van der Waals surface area contributed by atoms with Crippen molar-refractivity contribution in [2.75, 3.05) is 22.2 Å². The van der Waals surface area contributed by atoms with E-state index in [1.807, 2.05) is 51.1 Å². The van der Waals surface area contributed by atoms with Crippen LogP contribution >= 0.6 is 0 Å². The molecule has 0 aliphatic carbocycles. The van der Waals surface area contributed by atoms with Crippen LogP contribution in [0, 0.1) is 0 Å². The van der Waals surface area contributed by atoms with Gasteiger partial charge in [0.2, 0.25) is 11.8 Å². The average molecular weight is 603 g/mol. The number of nitrogens with zero attached hydrogens (tertiary/aromatic N) is 5. The molecule has 1 N–H and O–H groups in total. The van der Waals surface area contributed by atoms with Crippen LogP contribution in [-0.2, 0) is 21.5 Å². The number of urea groups is 1. The molecule has 1 aliphatic heterocycles. The number of methoxy groups -OCH3 is 1. The largest absolute Gasteiger partial charge is 0.495 e. The van der Waals surface area contributed by atoms with Crippen LogP contribution in [0.2, 0.25) is 0 Å². The van der Waals surface area contributed by atoms with E-state index >= 15 is 0 Å². The van der Waals surface area contributed by atoms with Gasteiger partial charge in [0, 0.05) is 29.2 Å². The van der Waals surface area contributed by atoms with Crippen molar-refractivity contribution in [2.45, 2.75) is 32.7 Å². The van der Waals surface area contributed by atoms with E-state index in [1.165, 1.54) is 7.11 Å². The molecule has 0 atom stereocenters. The minimum Gasteiger partial charge on any atom is -0.495 e. The third kappa shape index (κ3) is 5.63. The van der Waals surface area contributed by atoms with E-state index in [4.69, 9.17) is 9.47 Å². The van der Waals surface area contributed by atoms with E-state index < -0.39 is 17.8 Å². The fourth-order valence-electron chi connectivity index (χ4n) is 5.03. The molecule has 0 saturated carbocycles. The molecule has 0 bridgehead atoms. The van der Waals surface area contributed by atoms with Gasteiger partial charge in [-0.2, -0.15) is 4.98 Å². The molecule has 2 aromatic heterocycles. The summed E-state index contributed by atoms with van der Waals surface area (Å²) in [7, 11) is 1.45. The second-order valence-electron chi connectivity index (χ2n) is 11.3. The van der Waals surface area contributed by atoms with E-state index in [9.17, 15) is 14.4 Å². The van der Waals surface area contributed by atoms with Gasteiger partial charge < -0.3 is 14.8 Å². The highest BCUT2D eigenvalue weighted by atomic mass is 16.5. The van der Waals surface area contributed by atoms with Crippen LogP contribution in [0.25, 0.3) is 10.8 Å². The third-order valence-electron chi connectivity index (χ3n) is 7.36. The summed E-state index contributed by atoms with van der Waals surface area (Å²) in [6.07, 6.45) is 3.29. The molecule has 3 aromatic carbocycles. The molecule has 226 valence electrons. The van der Waals surface area contributed by atoms with Crippen molar-refractivity contribution in [3.8, 4) is 17.4 Å². The zero-order chi connectivity index (χ0) is 31.7. The fraction of sp³-hybridized carbons (Fsp3) is 0.176. The molecular weight excluding hydrogens is 572 g/mol. The van der Waals surface area contributed by atoms with Crippen molar-refractivity contribution in [1.82, 2.24) is 15.0 Å². The van der Waals surface area contributed by atoms with Gasteiger partial charge in [0.15, 0.2) is 0 Å². The van der Waals surface area contributed by atoms with Gasteiger partial charge in [-0.05, 0) is 47.4 Å². The first-order chi connectivity index (χ1) is 21.7. The number of imide groups is 2. The SMILES string of the molecule is COc1ccc(C(C)(C)C)cc1N1C(=O)C(=O)N(c2ccc(Oc3ccnc(NCc4ccccn4)n3)c3ccccc23)C1=O. The molecule has 0 unspecified atom stereocenters. The van der Waals surface area contributed by atoms with E-state index in [-0.39, 0.29) is 22.7 Å². The Balaban J connectivity index is 1.32. The van der Waals surface area contributed by atoms with Gasteiger partial charge in [-0.3, -0.25) is 14.6 Å². The topological polar surface area (TPSA) is 127 Å². The lowest BCUT2D eigenvalue weighted by molar-refractivity contribution is -0.133. The maximum absolute atomic E-state index is 13.9. The number of hydrogen-bond donors (Lipinski definition) is 1. The maximum atomic E-state index is 13.9. The highest BCUT2D eigenvalue weighted by molar-refractivity contribution is 6.60. The quantitative estimate of drug-likeness (QED) is 0.162. The Morgan fingerprint density at radius 1 is 0.756 bits per heavy atom. The Hall–Kier alpha value is -5.84. The number of aromatic nitrogens is 3. The van der Waals surface area contributed by atoms with Crippen LogP contribution < -0.4 is 24.6 Å². The lowest BCUT2D eigenvalue weighted by atomic mass is 9.86. The number of ether oxygens (including phenoxy) is 2. The summed E-state index contributed by atoms with van der Waals surface area (Å²) in [4.78, 5) is 55.4. The second kappa shape index (κ2) is 11.7. The van der Waals surface area contributed by atoms with Gasteiger partial charge in [0.25, 0.3) is 0 Å². The number of benzene rings is 3. The zero-order valence-electron chi connectivity index (χ0n) is 25.1. The molecule has 1 aliphatic rings. The summed E-state index contributed by atoms with van der Waals surface area (Å²) in [5.41, 5.74) is 1.88. The first-order valence-electron chi connectivity index (χ1n) is 14.2. The summed E-state index contributed by atoms with van der Waals surface area (Å²) in [6.45, 7) is 6.48. The maximum Gasteiger partial charge on any atom is 0.343 e. The predicted molar refractivity (Wildman–Crippen MR) is 170 cm³/mol. The number of hydrogen-bond acceptors (Lipinski definition) is 9. The average Bonchev–Trinajstić information content (AvgIpc) is 3.26. The van der Waals surface area contributed by atoms with E-state index in [0.717, 1.165) is 21.1 Å². The molecular formula is C34H30N6O5. The summed E-state index contributed by atoms with van der Waals surface area (Å²) in [5, 5.41) is 4.27. The molecule has 3 heterocycles. The first kappa shape index (κ1) is 29.2. The number of fused-ring (bicyclic) bond motifs is 1. The summed E-state index contributed by atoms with van der Waals surface area (Å²) in [5.74, 6) is -0.567. The second-order valence-corrected chi connectivity index (χ2v) is 11.3. The standard InChI is InChI=1S/C34H30N6O5/c1-34(2,3)21-12-14-28(44-4)26(19-21)40-31(42)30(41)39(33(40)43)25-13-15-27(24-11-6-5-10-23(24)25)45-29-16-18-36-32(38-29)37-20-22-9-7-8-17-35-22/h5-19H,20H2,1-4H3,(H,36,37,38). The highest BCUT2D eigenvalue weighted by Gasteiger charge is 2.48. The molecule has 11 nitrogen and oxygen atoms in total. The van der Waals surface area contributed by atoms with Gasteiger partial charge in [-0.25, -0.2) is 19.6 Å². The molecule has 1 saturated heterocycles. The summed E-state index contributed by atoms with van der Waals surface area (Å²) < 4.78 is 11.6. The Labute approximate surface area is 259 Å². The van der Waals surface area contributed by atoms with E-state index in [1.54, 1.807) is 60.9 Å². The molecule has 4 amide bonds. The number of rotatable bonds is 8. The van der Waals surface area contributed by atoms with Crippen molar-refractivity contribution in [2.24, 2.45) is 0 Å². The summed E-state index contributed by atoms with van der Waals surface area (Å²) in [6, 6.07) is 22.1. The van der Waals surface area contributed by atoms with Crippen LogP contribution in [0.3, 0.4) is 0 Å². The number of carbonyl (C=O) groups excluding carboxylic acids is 3. The monoisotopic (exact) mass is 602 g/mol. The number of carbonyl (C=O) groups is 3. The Morgan fingerprint density at radius 3 is 2.18 bits per heavy atom. The molecule has 11 heteroatoms. The van der Waals surface area contributed by atoms with E-state index in [0.29, 0.717) is 34.8 Å². The van der Waals surface area contributed by atoms with Gasteiger partial charge in [0.1, 0.15) is 11.5 Å². The van der Waals surface area contributed by atoms with Crippen LogP contribution in [-0.4, -0.2) is 39.9 Å². The first-order valence-corrected chi connectivity index (χ1v) is 14.2. The molecule has 0 spiro atoms. The fourth-order valence-corrected chi connectivity index (χ4v) is 5.03. The Bertz CT molecular complexity index is 1940. The van der Waals surface area contributed by atoms with Crippen molar-refractivity contribution in [3.63, 3.8) is 0 Å². The van der Waals surface area contributed by atoms with Crippen LogP contribution in [0.5, 0.6) is 17.4 Å².